The molecule has 6 heteroatoms. The lowest BCUT2D eigenvalue weighted by Gasteiger charge is -2.15. The third kappa shape index (κ3) is 7.05. The first-order valence-electron chi connectivity index (χ1n) is 7.97. The molecular formula is C19H21NO5. The first-order chi connectivity index (χ1) is 12.1. The van der Waals surface area contributed by atoms with Gasteiger partial charge in [0.2, 0.25) is 5.91 Å². The van der Waals surface area contributed by atoms with Crippen molar-refractivity contribution in [3.8, 4) is 5.75 Å². The minimum atomic E-state index is -1.08. The first kappa shape index (κ1) is 18.5. The Morgan fingerprint density at radius 2 is 1.60 bits per heavy atom. The summed E-state index contributed by atoms with van der Waals surface area (Å²) < 4.78 is 10.7. The average Bonchev–Trinajstić information content (AvgIpc) is 2.62. The predicted molar refractivity (Wildman–Crippen MR) is 92.5 cm³/mol. The molecule has 2 rings (SSSR count). The summed E-state index contributed by atoms with van der Waals surface area (Å²) in [4.78, 5) is 23.1. The summed E-state index contributed by atoms with van der Waals surface area (Å²) >= 11 is 0. The van der Waals surface area contributed by atoms with E-state index in [0.29, 0.717) is 6.61 Å². The lowest BCUT2D eigenvalue weighted by molar-refractivity contribution is -0.142. The molecule has 0 aliphatic carbocycles. The molecule has 1 atom stereocenters. The molecule has 2 aromatic rings. The Morgan fingerprint density at radius 3 is 2.24 bits per heavy atom. The number of para-hydroxylation sites is 1. The van der Waals surface area contributed by atoms with Crippen molar-refractivity contribution in [3.05, 3.63) is 66.2 Å². The van der Waals surface area contributed by atoms with Crippen LogP contribution in [0.2, 0.25) is 0 Å². The molecule has 0 aliphatic rings. The van der Waals surface area contributed by atoms with Gasteiger partial charge in [0.25, 0.3) is 0 Å². The molecule has 132 valence electrons. The van der Waals surface area contributed by atoms with E-state index in [4.69, 9.17) is 9.47 Å². The number of amides is 1. The van der Waals surface area contributed by atoms with Gasteiger partial charge >= 0.3 is 5.97 Å². The van der Waals surface area contributed by atoms with Crippen LogP contribution in [0.4, 0.5) is 0 Å². The van der Waals surface area contributed by atoms with E-state index < -0.39 is 17.9 Å². The maximum Gasteiger partial charge on any atom is 0.326 e. The number of hydrogen-bond donors (Lipinski definition) is 2. The third-order valence-corrected chi connectivity index (χ3v) is 3.39. The molecule has 2 N–H and O–H groups in total. The highest BCUT2D eigenvalue weighted by molar-refractivity contribution is 5.84. The number of ether oxygens (including phenoxy) is 2. The highest BCUT2D eigenvalue weighted by atomic mass is 16.5. The van der Waals surface area contributed by atoms with Crippen molar-refractivity contribution in [1.82, 2.24) is 5.32 Å². The molecule has 0 radical (unpaired) electrons. The van der Waals surface area contributed by atoms with E-state index in [1.165, 1.54) is 0 Å². The Labute approximate surface area is 146 Å². The monoisotopic (exact) mass is 343 g/mol. The van der Waals surface area contributed by atoms with Crippen LogP contribution in [0, 0.1) is 0 Å². The molecule has 0 saturated carbocycles. The Hall–Kier alpha value is -2.86. The fourth-order valence-electron chi connectivity index (χ4n) is 2.19. The maximum atomic E-state index is 11.8. The molecule has 0 bridgehead atoms. The molecule has 0 spiro atoms. The van der Waals surface area contributed by atoms with E-state index in [1.54, 1.807) is 0 Å². The van der Waals surface area contributed by atoms with Crippen molar-refractivity contribution in [2.75, 3.05) is 19.8 Å². The zero-order valence-corrected chi connectivity index (χ0v) is 13.8. The van der Waals surface area contributed by atoms with E-state index in [2.05, 4.69) is 5.32 Å². The van der Waals surface area contributed by atoms with Gasteiger partial charge in [-0.3, -0.25) is 4.79 Å². The van der Waals surface area contributed by atoms with Gasteiger partial charge in [0, 0.05) is 6.42 Å². The highest BCUT2D eigenvalue weighted by Crippen LogP contribution is 2.07. The topological polar surface area (TPSA) is 84.9 Å². The van der Waals surface area contributed by atoms with Gasteiger partial charge in [-0.15, -0.1) is 0 Å². The molecule has 6 nitrogen and oxygen atoms in total. The molecule has 0 heterocycles. The van der Waals surface area contributed by atoms with Crippen molar-refractivity contribution in [1.29, 1.82) is 0 Å². The molecule has 0 fully saturated rings. The van der Waals surface area contributed by atoms with Crippen LogP contribution in [-0.4, -0.2) is 42.8 Å². The van der Waals surface area contributed by atoms with Gasteiger partial charge in [-0.1, -0.05) is 48.5 Å². The summed E-state index contributed by atoms with van der Waals surface area (Å²) in [5.74, 6) is -0.822. The van der Waals surface area contributed by atoms with Crippen LogP contribution in [0.25, 0.3) is 0 Å². The van der Waals surface area contributed by atoms with Crippen molar-refractivity contribution in [2.24, 2.45) is 0 Å². The zero-order valence-electron chi connectivity index (χ0n) is 13.8. The number of hydrogen-bond acceptors (Lipinski definition) is 4. The Morgan fingerprint density at radius 1 is 0.960 bits per heavy atom. The molecule has 0 saturated heterocycles. The van der Waals surface area contributed by atoms with Gasteiger partial charge in [0.15, 0.2) is 0 Å². The lowest BCUT2D eigenvalue weighted by Crippen LogP contribution is -2.44. The van der Waals surface area contributed by atoms with Gasteiger partial charge < -0.3 is 19.9 Å². The largest absolute Gasteiger partial charge is 0.491 e. The van der Waals surface area contributed by atoms with E-state index in [1.807, 2.05) is 60.7 Å². The summed E-state index contributed by atoms with van der Waals surface area (Å²) in [6.07, 6.45) is 0.221. The number of carbonyl (C=O) groups excluding carboxylic acids is 1. The minimum Gasteiger partial charge on any atom is -0.491 e. The molecular weight excluding hydrogens is 322 g/mol. The van der Waals surface area contributed by atoms with E-state index in [9.17, 15) is 14.7 Å². The van der Waals surface area contributed by atoms with Crippen molar-refractivity contribution in [2.45, 2.75) is 12.5 Å². The quantitative estimate of drug-likeness (QED) is 0.644. The van der Waals surface area contributed by atoms with E-state index >= 15 is 0 Å². The normalized spacial score (nSPS) is 11.5. The van der Waals surface area contributed by atoms with Crippen LogP contribution in [0.3, 0.4) is 0 Å². The second-order valence-electron chi connectivity index (χ2n) is 5.36. The average molecular weight is 343 g/mol. The molecule has 0 aromatic heterocycles. The first-order valence-corrected chi connectivity index (χ1v) is 7.97. The highest BCUT2D eigenvalue weighted by Gasteiger charge is 2.20. The smallest absolute Gasteiger partial charge is 0.326 e. The number of aliphatic carboxylic acids is 1. The predicted octanol–water partition coefficient (Wildman–Crippen LogP) is 1.89. The SMILES string of the molecule is O=C(COCCOc1ccccc1)N[C@@H](Cc1ccccc1)C(=O)O. The van der Waals surface area contributed by atoms with Crippen LogP contribution in [-0.2, 0) is 20.7 Å². The van der Waals surface area contributed by atoms with Crippen LogP contribution < -0.4 is 10.1 Å². The Balaban J connectivity index is 1.67. The number of nitrogens with one attached hydrogen (secondary N) is 1. The van der Waals surface area contributed by atoms with Crippen molar-refractivity contribution < 1.29 is 24.2 Å². The molecule has 0 aliphatic heterocycles. The number of rotatable bonds is 10. The molecule has 1 amide bonds. The molecule has 0 unspecified atom stereocenters. The fourth-order valence-corrected chi connectivity index (χ4v) is 2.19. The second kappa shape index (κ2) is 10.1. The summed E-state index contributed by atoms with van der Waals surface area (Å²) in [7, 11) is 0. The van der Waals surface area contributed by atoms with Crippen LogP contribution in [0.5, 0.6) is 5.75 Å². The summed E-state index contributed by atoms with van der Waals surface area (Å²) in [5, 5.41) is 11.7. The van der Waals surface area contributed by atoms with Crippen LogP contribution >= 0.6 is 0 Å². The fraction of sp³-hybridized carbons (Fsp3) is 0.263. The zero-order chi connectivity index (χ0) is 17.9. The Bertz CT molecular complexity index is 660. The van der Waals surface area contributed by atoms with Gasteiger partial charge in [-0.2, -0.15) is 0 Å². The number of carboxylic acids is 1. The van der Waals surface area contributed by atoms with Crippen LogP contribution in [0.1, 0.15) is 5.56 Å². The summed E-state index contributed by atoms with van der Waals surface area (Å²) in [6.45, 7) is 0.332. The number of carbonyl (C=O) groups is 2. The maximum absolute atomic E-state index is 11.8. The third-order valence-electron chi connectivity index (χ3n) is 3.39. The lowest BCUT2D eigenvalue weighted by atomic mass is 10.1. The van der Waals surface area contributed by atoms with Gasteiger partial charge in [0.1, 0.15) is 25.0 Å². The number of carboxylic acid groups (broad SMARTS) is 1. The van der Waals surface area contributed by atoms with E-state index in [0.717, 1.165) is 11.3 Å². The minimum absolute atomic E-state index is 0.212. The van der Waals surface area contributed by atoms with Gasteiger partial charge in [0.05, 0.1) is 6.61 Å². The van der Waals surface area contributed by atoms with E-state index in [-0.39, 0.29) is 19.6 Å². The number of benzene rings is 2. The van der Waals surface area contributed by atoms with Gasteiger partial charge in [-0.05, 0) is 17.7 Å². The second-order valence-corrected chi connectivity index (χ2v) is 5.36. The molecule has 25 heavy (non-hydrogen) atoms. The Kier molecular flexibility index (Phi) is 7.46. The molecule has 2 aromatic carbocycles. The summed E-state index contributed by atoms with van der Waals surface area (Å²) in [5.41, 5.74) is 0.840. The van der Waals surface area contributed by atoms with Gasteiger partial charge in [-0.25, -0.2) is 4.79 Å². The van der Waals surface area contributed by atoms with Crippen molar-refractivity contribution in [3.63, 3.8) is 0 Å². The van der Waals surface area contributed by atoms with Crippen LogP contribution in [0.15, 0.2) is 60.7 Å². The summed E-state index contributed by atoms with van der Waals surface area (Å²) in [6, 6.07) is 17.4. The van der Waals surface area contributed by atoms with Crippen molar-refractivity contribution >= 4 is 11.9 Å². The standard InChI is InChI=1S/C19H21NO5/c21-18(14-24-11-12-25-16-9-5-2-6-10-16)20-17(19(22)23)13-15-7-3-1-4-8-15/h1-10,17H,11-14H2,(H,20,21)(H,22,23)/t17-/m0/s1.